The summed E-state index contributed by atoms with van der Waals surface area (Å²) in [4.78, 5) is 12.0. The van der Waals surface area contributed by atoms with Crippen molar-refractivity contribution in [1.82, 2.24) is 0 Å². The highest BCUT2D eigenvalue weighted by Crippen LogP contribution is 2.73. The maximum atomic E-state index is 17.1. The zero-order valence-corrected chi connectivity index (χ0v) is 20.5. The van der Waals surface area contributed by atoms with Crippen molar-refractivity contribution in [2.75, 3.05) is 11.5 Å². The van der Waals surface area contributed by atoms with Crippen molar-refractivity contribution in [3.63, 3.8) is 0 Å². The molecular weight excluding hydrogens is 415 g/mol. The van der Waals surface area contributed by atoms with Crippen LogP contribution in [0, 0.1) is 22.7 Å². The number of carbonyl (C=O) groups excluding carboxylic acids is 1. The molecule has 0 heterocycles. The maximum Gasteiger partial charge on any atom is 0.178 e. The first kappa shape index (κ1) is 22.9. The van der Waals surface area contributed by atoms with Crippen LogP contribution >= 0.6 is 23.5 Å². The monoisotopic (exact) mass is 452 g/mol. The van der Waals surface area contributed by atoms with Gasteiger partial charge in [-0.05, 0) is 80.4 Å². The van der Waals surface area contributed by atoms with Gasteiger partial charge in [-0.2, -0.15) is 0 Å². The molecule has 0 spiro atoms. The number of alkyl halides is 1. The molecule has 4 aliphatic rings. The fourth-order valence-corrected chi connectivity index (χ4v) is 11.1. The first-order valence-electron chi connectivity index (χ1n) is 11.8. The molecule has 0 aromatic rings. The number of aliphatic hydroxyl groups is 1. The Balaban J connectivity index is 1.73. The van der Waals surface area contributed by atoms with Crippen LogP contribution in [0.5, 0.6) is 0 Å². The van der Waals surface area contributed by atoms with Crippen LogP contribution in [-0.4, -0.2) is 38.2 Å². The highest BCUT2D eigenvalue weighted by Gasteiger charge is 2.73. The molecule has 30 heavy (non-hydrogen) atoms. The lowest BCUT2D eigenvalue weighted by Crippen LogP contribution is -2.67. The summed E-state index contributed by atoms with van der Waals surface area (Å²) >= 11 is 4.13. The van der Waals surface area contributed by atoms with Crippen LogP contribution in [0.4, 0.5) is 4.39 Å². The summed E-state index contributed by atoms with van der Waals surface area (Å²) in [6.45, 7) is 8.73. The molecule has 3 fully saturated rings. The van der Waals surface area contributed by atoms with Gasteiger partial charge in [0, 0.05) is 11.3 Å². The molecule has 168 valence electrons. The van der Waals surface area contributed by atoms with E-state index in [4.69, 9.17) is 0 Å². The number of fused-ring (bicyclic) bond motifs is 5. The van der Waals surface area contributed by atoms with Crippen LogP contribution in [0.25, 0.3) is 0 Å². The van der Waals surface area contributed by atoms with Gasteiger partial charge in [0.25, 0.3) is 0 Å². The van der Waals surface area contributed by atoms with Crippen molar-refractivity contribution in [2.24, 2.45) is 22.7 Å². The van der Waals surface area contributed by atoms with E-state index in [0.29, 0.717) is 6.42 Å². The molecule has 1 N–H and O–H groups in total. The highest BCUT2D eigenvalue weighted by molar-refractivity contribution is 8.18. The van der Waals surface area contributed by atoms with Gasteiger partial charge in [-0.3, -0.25) is 4.79 Å². The van der Waals surface area contributed by atoms with Gasteiger partial charge < -0.3 is 5.11 Å². The van der Waals surface area contributed by atoms with Crippen molar-refractivity contribution in [3.8, 4) is 0 Å². The Morgan fingerprint density at radius 1 is 1.20 bits per heavy atom. The first-order valence-corrected chi connectivity index (χ1v) is 13.7. The Morgan fingerprint density at radius 2 is 1.97 bits per heavy atom. The fraction of sp³-hybridized carbons (Fsp3) is 0.800. The van der Waals surface area contributed by atoms with Crippen LogP contribution in [0.15, 0.2) is 23.8 Å². The largest absolute Gasteiger partial charge is 0.390 e. The number of allylic oxidation sites excluding steroid dienone is 4. The normalized spacial score (nSPS) is 47.5. The van der Waals surface area contributed by atoms with Crippen LogP contribution in [0.1, 0.15) is 72.6 Å². The van der Waals surface area contributed by atoms with Crippen molar-refractivity contribution >= 4 is 29.3 Å². The summed E-state index contributed by atoms with van der Waals surface area (Å²) in [6, 6.07) is 0. The molecule has 2 unspecified atom stereocenters. The second-order valence-corrected chi connectivity index (χ2v) is 13.4. The van der Waals surface area contributed by atoms with Crippen LogP contribution in [0.3, 0.4) is 0 Å². The minimum atomic E-state index is -1.69. The van der Waals surface area contributed by atoms with Gasteiger partial charge >= 0.3 is 0 Å². The molecule has 0 amide bonds. The van der Waals surface area contributed by atoms with E-state index in [9.17, 15) is 9.90 Å². The quantitative estimate of drug-likeness (QED) is 0.377. The summed E-state index contributed by atoms with van der Waals surface area (Å²) in [6.07, 6.45) is 10.5. The predicted molar refractivity (Wildman–Crippen MR) is 127 cm³/mol. The molecule has 4 rings (SSSR count). The van der Waals surface area contributed by atoms with Gasteiger partial charge in [-0.25, -0.2) is 4.39 Å². The Hall–Kier alpha value is -0.260. The topological polar surface area (TPSA) is 37.3 Å². The average molecular weight is 453 g/mol. The molecule has 5 heteroatoms. The minimum Gasteiger partial charge on any atom is -0.390 e. The van der Waals surface area contributed by atoms with E-state index < -0.39 is 17.2 Å². The smallest absolute Gasteiger partial charge is 0.178 e. The zero-order chi connectivity index (χ0) is 21.8. The molecular formula is C25H37FO2S2. The van der Waals surface area contributed by atoms with Gasteiger partial charge in [-0.1, -0.05) is 38.8 Å². The summed E-state index contributed by atoms with van der Waals surface area (Å²) < 4.78 is 17.2. The number of thioether (sulfide) groups is 2. The molecule has 0 radical (unpaired) electrons. The van der Waals surface area contributed by atoms with Gasteiger partial charge in [0.05, 0.1) is 10.2 Å². The summed E-state index contributed by atoms with van der Waals surface area (Å²) in [5.74, 6) is 2.27. The Labute approximate surface area is 189 Å². The Bertz CT molecular complexity index is 766. The zero-order valence-electron chi connectivity index (χ0n) is 18.9. The number of halogens is 1. The SMILES string of the molecule is CCCCSC1(SCC)CC[C@H]2[C@@H]3CCC4=CC(=O)C=C[C@]4(C)C3(F)[C@@H](O)C[C@@]21C. The van der Waals surface area contributed by atoms with Crippen molar-refractivity contribution in [2.45, 2.75) is 88.5 Å². The van der Waals surface area contributed by atoms with Crippen molar-refractivity contribution in [1.29, 1.82) is 0 Å². The maximum absolute atomic E-state index is 17.1. The second kappa shape index (κ2) is 7.95. The Morgan fingerprint density at radius 3 is 2.67 bits per heavy atom. The molecule has 0 bridgehead atoms. The predicted octanol–water partition coefficient (Wildman–Crippen LogP) is 6.34. The first-order chi connectivity index (χ1) is 14.2. The fourth-order valence-electron chi connectivity index (χ4n) is 7.29. The molecule has 0 aromatic carbocycles. The van der Waals surface area contributed by atoms with E-state index >= 15 is 4.39 Å². The van der Waals surface area contributed by atoms with E-state index in [1.165, 1.54) is 18.9 Å². The van der Waals surface area contributed by atoms with Gasteiger partial charge in [0.1, 0.15) is 0 Å². The number of ketones is 1. The van der Waals surface area contributed by atoms with Crippen LogP contribution in [-0.2, 0) is 4.79 Å². The van der Waals surface area contributed by atoms with Crippen LogP contribution < -0.4 is 0 Å². The van der Waals surface area contributed by atoms with Gasteiger partial charge in [0.15, 0.2) is 11.5 Å². The molecule has 4 aliphatic carbocycles. The van der Waals surface area contributed by atoms with E-state index in [2.05, 4.69) is 32.5 Å². The number of rotatable bonds is 6. The lowest BCUT2D eigenvalue weighted by molar-refractivity contribution is -0.189. The van der Waals surface area contributed by atoms with Gasteiger partial charge in [0.2, 0.25) is 0 Å². The third kappa shape index (κ3) is 2.97. The minimum absolute atomic E-state index is 0.0498. The molecule has 0 saturated heterocycles. The van der Waals surface area contributed by atoms with E-state index in [0.717, 1.165) is 42.8 Å². The number of carbonyl (C=O) groups is 1. The van der Waals surface area contributed by atoms with Crippen LogP contribution in [0.2, 0.25) is 0 Å². The van der Waals surface area contributed by atoms with Crippen molar-refractivity contribution < 1.29 is 14.3 Å². The van der Waals surface area contributed by atoms with E-state index in [-0.39, 0.29) is 27.1 Å². The number of hydrogen-bond donors (Lipinski definition) is 1. The molecule has 0 aliphatic heterocycles. The summed E-state index contributed by atoms with van der Waals surface area (Å²) in [5.41, 5.74) is -1.76. The summed E-state index contributed by atoms with van der Waals surface area (Å²) in [7, 11) is 0. The number of unbranched alkanes of at least 4 members (excludes halogenated alkanes) is 1. The van der Waals surface area contributed by atoms with E-state index in [1.54, 1.807) is 12.2 Å². The Kier molecular flexibility index (Phi) is 6.07. The number of aliphatic hydroxyl groups excluding tert-OH is 1. The number of hydrogen-bond acceptors (Lipinski definition) is 4. The molecule has 2 nitrogen and oxygen atoms in total. The highest BCUT2D eigenvalue weighted by atomic mass is 32.2. The second-order valence-electron chi connectivity index (χ2n) is 10.2. The third-order valence-corrected chi connectivity index (χ3v) is 12.7. The van der Waals surface area contributed by atoms with Crippen molar-refractivity contribution in [3.05, 3.63) is 23.8 Å². The van der Waals surface area contributed by atoms with E-state index in [1.807, 2.05) is 18.7 Å². The molecule has 7 atom stereocenters. The molecule has 3 saturated carbocycles. The standard InChI is InChI=1S/C25H37FO2S2/c1-5-7-14-30-24(29-6-2)13-11-19-20-9-8-17-15-18(27)10-12-22(17,3)25(20,26)21(28)16-23(19,24)4/h10,12,15,19-21,28H,5-9,11,13-14,16H2,1-4H3/t19-,20-,21-,22-,23-,24?,25?/m0/s1. The van der Waals surface area contributed by atoms with Gasteiger partial charge in [-0.15, -0.1) is 23.5 Å². The third-order valence-electron chi connectivity index (χ3n) is 8.90. The lowest BCUT2D eigenvalue weighted by Gasteiger charge is -2.63. The average Bonchev–Trinajstić information content (AvgIpc) is 2.97. The lowest BCUT2D eigenvalue weighted by atomic mass is 9.46. The molecule has 0 aromatic heterocycles. The summed E-state index contributed by atoms with van der Waals surface area (Å²) in [5, 5.41) is 11.5.